The van der Waals surface area contributed by atoms with E-state index in [9.17, 15) is 4.79 Å². The van der Waals surface area contributed by atoms with Gasteiger partial charge in [-0.15, -0.1) is 11.6 Å². The van der Waals surface area contributed by atoms with Gasteiger partial charge in [-0.25, -0.2) is 0 Å². The molecule has 3 nitrogen and oxygen atoms in total. The number of nitrogens with two attached hydrogens (primary N) is 1. The number of aldehydes is 1. The van der Waals surface area contributed by atoms with Crippen LogP contribution in [0.15, 0.2) is 0 Å². The number of carbonyl (C=O) groups excluding carboxylic acids is 1. The Bertz CT molecular complexity index is 78.4. The van der Waals surface area contributed by atoms with E-state index in [0.717, 1.165) is 0 Å². The number of halogens is 1. The molecule has 0 radical (unpaired) electrons. The molecule has 0 spiro atoms. The molecule has 2 atom stereocenters. The molecule has 48 valence electrons. The largest absolute Gasteiger partial charge is 0.390 e. The van der Waals surface area contributed by atoms with Gasteiger partial charge in [-0.1, -0.05) is 0 Å². The lowest BCUT2D eigenvalue weighted by atomic mass is 10.2. The topological polar surface area (TPSA) is 63.3 Å². The minimum atomic E-state index is -0.908. The molecule has 0 aromatic rings. The first-order chi connectivity index (χ1) is 3.72. The molecule has 0 aliphatic heterocycles. The Morgan fingerprint density at radius 3 is 2.50 bits per heavy atom. The Kier molecular flexibility index (Phi) is 3.77. The lowest BCUT2D eigenvalue weighted by molar-refractivity contribution is -0.110. The van der Waals surface area contributed by atoms with Crippen molar-refractivity contribution >= 4 is 17.9 Å². The van der Waals surface area contributed by atoms with Gasteiger partial charge in [0.2, 0.25) is 0 Å². The van der Waals surface area contributed by atoms with Crippen molar-refractivity contribution in [3.8, 4) is 0 Å². The molecule has 8 heavy (non-hydrogen) atoms. The van der Waals surface area contributed by atoms with Gasteiger partial charge in [0.1, 0.15) is 6.29 Å². The van der Waals surface area contributed by atoms with Crippen LogP contribution in [0.5, 0.6) is 0 Å². The van der Waals surface area contributed by atoms with E-state index in [2.05, 4.69) is 0 Å². The molecule has 0 saturated carbocycles. The van der Waals surface area contributed by atoms with Crippen LogP contribution in [0.25, 0.3) is 0 Å². The summed E-state index contributed by atoms with van der Waals surface area (Å²) < 4.78 is 0. The molecule has 0 heterocycles. The summed E-state index contributed by atoms with van der Waals surface area (Å²) in [5.74, 6) is -0.0000926. The van der Waals surface area contributed by atoms with Gasteiger partial charge in [0.15, 0.2) is 0 Å². The predicted octanol–water partition coefficient (Wildman–Crippen LogP) is -0.888. The molecule has 0 rings (SSSR count). The number of rotatable bonds is 3. The first-order valence-electron chi connectivity index (χ1n) is 2.17. The summed E-state index contributed by atoms with van der Waals surface area (Å²) in [7, 11) is 0. The molecule has 0 amide bonds. The molecule has 0 aliphatic rings. The third-order valence-electron chi connectivity index (χ3n) is 0.760. The van der Waals surface area contributed by atoms with Crippen LogP contribution in [0.1, 0.15) is 0 Å². The van der Waals surface area contributed by atoms with Gasteiger partial charge in [0.05, 0.1) is 18.0 Å². The molecule has 0 saturated heterocycles. The van der Waals surface area contributed by atoms with Crippen molar-refractivity contribution in [2.75, 3.05) is 5.88 Å². The Morgan fingerprint density at radius 1 is 1.88 bits per heavy atom. The van der Waals surface area contributed by atoms with Crippen LogP contribution in [0.4, 0.5) is 0 Å². The van der Waals surface area contributed by atoms with Crippen LogP contribution in [0, 0.1) is 0 Å². The van der Waals surface area contributed by atoms with Gasteiger partial charge in [0.25, 0.3) is 0 Å². The normalized spacial score (nSPS) is 17.4. The van der Waals surface area contributed by atoms with Crippen molar-refractivity contribution in [1.82, 2.24) is 0 Å². The second kappa shape index (κ2) is 3.83. The van der Waals surface area contributed by atoms with Crippen molar-refractivity contribution in [3.63, 3.8) is 0 Å². The highest BCUT2D eigenvalue weighted by atomic mass is 35.5. The van der Waals surface area contributed by atoms with Gasteiger partial charge in [0, 0.05) is 0 Å². The van der Waals surface area contributed by atoms with Crippen molar-refractivity contribution < 1.29 is 9.90 Å². The average molecular weight is 138 g/mol. The summed E-state index contributed by atoms with van der Waals surface area (Å²) >= 11 is 5.14. The third-order valence-corrected chi connectivity index (χ3v) is 1.08. The average Bonchev–Trinajstić information content (AvgIpc) is 1.84. The van der Waals surface area contributed by atoms with Crippen LogP contribution >= 0.6 is 11.6 Å². The van der Waals surface area contributed by atoms with Crippen LogP contribution in [0.3, 0.4) is 0 Å². The molecule has 0 fully saturated rings. The van der Waals surface area contributed by atoms with E-state index in [4.69, 9.17) is 22.4 Å². The molecule has 0 aromatic heterocycles. The number of aliphatic hydroxyl groups is 1. The van der Waals surface area contributed by atoms with E-state index >= 15 is 0 Å². The molecule has 4 heteroatoms. The van der Waals surface area contributed by atoms with Gasteiger partial charge >= 0.3 is 0 Å². The summed E-state index contributed by atoms with van der Waals surface area (Å²) in [6, 6.07) is -0.840. The molecule has 0 aromatic carbocycles. The highest BCUT2D eigenvalue weighted by Gasteiger charge is 2.10. The minimum absolute atomic E-state index is 0.0000926. The van der Waals surface area contributed by atoms with Crippen molar-refractivity contribution in [2.24, 2.45) is 5.73 Å². The maximum absolute atomic E-state index is 9.76. The van der Waals surface area contributed by atoms with Crippen molar-refractivity contribution in [1.29, 1.82) is 0 Å². The summed E-state index contributed by atoms with van der Waals surface area (Å²) in [5, 5.41) is 8.64. The fourth-order valence-corrected chi connectivity index (χ4v) is 0.399. The van der Waals surface area contributed by atoms with Crippen LogP contribution in [0.2, 0.25) is 0 Å². The lowest BCUT2D eigenvalue weighted by Crippen LogP contribution is -2.36. The second-order valence-electron chi connectivity index (χ2n) is 1.44. The Balaban J connectivity index is 3.44. The van der Waals surface area contributed by atoms with Crippen molar-refractivity contribution in [3.05, 3.63) is 0 Å². The summed E-state index contributed by atoms with van der Waals surface area (Å²) in [4.78, 5) is 9.76. The zero-order valence-electron chi connectivity index (χ0n) is 4.25. The van der Waals surface area contributed by atoms with Gasteiger partial charge in [-0.2, -0.15) is 0 Å². The highest BCUT2D eigenvalue weighted by Crippen LogP contribution is 1.88. The summed E-state index contributed by atoms with van der Waals surface area (Å²) in [6.45, 7) is 0. The van der Waals surface area contributed by atoms with Crippen LogP contribution < -0.4 is 5.73 Å². The first kappa shape index (κ1) is 7.88. The van der Waals surface area contributed by atoms with E-state index in [1.165, 1.54) is 0 Å². The first-order valence-corrected chi connectivity index (χ1v) is 2.70. The standard InChI is InChI=1S/C4H8ClNO2/c5-1-4(8)3(6)2-7/h2-4,8H,1,6H2/t3-,4?/m1/s1. The lowest BCUT2D eigenvalue weighted by Gasteiger charge is -2.07. The quantitative estimate of drug-likeness (QED) is 0.392. The van der Waals surface area contributed by atoms with E-state index in [1.54, 1.807) is 0 Å². The SMILES string of the molecule is N[C@H](C=O)C(O)CCl. The Hall–Kier alpha value is -0.120. The number of hydrogen-bond donors (Lipinski definition) is 2. The maximum Gasteiger partial charge on any atom is 0.139 e. The predicted molar refractivity (Wildman–Crippen MR) is 30.8 cm³/mol. The zero-order valence-corrected chi connectivity index (χ0v) is 5.01. The maximum atomic E-state index is 9.76. The van der Waals surface area contributed by atoms with E-state index < -0.39 is 12.1 Å². The molecule has 0 bridgehead atoms. The van der Waals surface area contributed by atoms with Crippen LogP contribution in [-0.4, -0.2) is 29.4 Å². The minimum Gasteiger partial charge on any atom is -0.390 e. The molecule has 1 unspecified atom stereocenters. The molecular weight excluding hydrogens is 130 g/mol. The molecule has 0 aliphatic carbocycles. The highest BCUT2D eigenvalue weighted by molar-refractivity contribution is 6.18. The second-order valence-corrected chi connectivity index (χ2v) is 1.74. The monoisotopic (exact) mass is 137 g/mol. The van der Waals surface area contributed by atoms with E-state index in [1.807, 2.05) is 0 Å². The summed E-state index contributed by atoms with van der Waals surface area (Å²) in [5.41, 5.74) is 5.02. The number of hydrogen-bond acceptors (Lipinski definition) is 3. The Morgan fingerprint density at radius 2 is 2.38 bits per heavy atom. The smallest absolute Gasteiger partial charge is 0.139 e. The van der Waals surface area contributed by atoms with E-state index in [-0.39, 0.29) is 5.88 Å². The van der Waals surface area contributed by atoms with Gasteiger partial charge < -0.3 is 15.6 Å². The van der Waals surface area contributed by atoms with E-state index in [0.29, 0.717) is 6.29 Å². The number of alkyl halides is 1. The fourth-order valence-electron chi connectivity index (χ4n) is 0.194. The van der Waals surface area contributed by atoms with Gasteiger partial charge in [-0.3, -0.25) is 0 Å². The third kappa shape index (κ3) is 2.26. The van der Waals surface area contributed by atoms with Crippen molar-refractivity contribution in [2.45, 2.75) is 12.1 Å². The zero-order chi connectivity index (χ0) is 6.57. The number of carbonyl (C=O) groups is 1. The summed E-state index contributed by atoms with van der Waals surface area (Å²) in [6.07, 6.45) is -0.443. The molecular formula is C4H8ClNO2. The Labute approximate surface area is 52.4 Å². The molecule has 3 N–H and O–H groups in total. The van der Waals surface area contributed by atoms with Gasteiger partial charge in [-0.05, 0) is 0 Å². The number of aliphatic hydroxyl groups excluding tert-OH is 1. The fraction of sp³-hybridized carbons (Fsp3) is 0.750. The van der Waals surface area contributed by atoms with Crippen LogP contribution in [-0.2, 0) is 4.79 Å².